The second-order valence-electron chi connectivity index (χ2n) is 1.86. The van der Waals surface area contributed by atoms with Gasteiger partial charge in [-0.3, -0.25) is 0 Å². The molecule has 0 saturated carbocycles. The number of ether oxygens (including phenoxy) is 2. The Morgan fingerprint density at radius 3 is 2.08 bits per heavy atom. The fraction of sp³-hybridized carbons (Fsp3) is 0.250. The molecule has 0 radical (unpaired) electrons. The molecule has 0 aliphatic carbocycles. The Bertz CT molecular complexity index is 185. The van der Waals surface area contributed by atoms with Crippen LogP contribution in [0.5, 0.6) is 5.75 Å². The molecule has 0 spiro atoms. The molecule has 70 valence electrons. The SMILES string of the molecule is COCOc1ccccc1.[Br-].[Br-].[Mg+2]. The zero-order valence-corrected chi connectivity index (χ0v) is 12.0. The van der Waals surface area contributed by atoms with Gasteiger partial charge in [-0.25, -0.2) is 0 Å². The van der Waals surface area contributed by atoms with Gasteiger partial charge < -0.3 is 43.4 Å². The molecule has 0 amide bonds. The minimum Gasteiger partial charge on any atom is -1.00 e. The number of methoxy groups -OCH3 is 1. The number of para-hydroxylation sites is 1. The summed E-state index contributed by atoms with van der Waals surface area (Å²) in [7, 11) is 1.60. The second kappa shape index (κ2) is 12.7. The standard InChI is InChI=1S/C8H10O2.2BrH.Mg/c1-9-7-10-8-5-3-2-4-6-8;;;/h2-6H,7H2,1H3;2*1H;/q;;;+2/p-2. The van der Waals surface area contributed by atoms with Gasteiger partial charge in [-0.05, 0) is 12.1 Å². The maximum Gasteiger partial charge on any atom is 2.00 e. The summed E-state index contributed by atoms with van der Waals surface area (Å²) in [6.07, 6.45) is 0. The van der Waals surface area contributed by atoms with Crippen LogP contribution in [-0.4, -0.2) is 37.0 Å². The predicted octanol–water partition coefficient (Wildman–Crippen LogP) is -4.70. The van der Waals surface area contributed by atoms with Gasteiger partial charge >= 0.3 is 23.1 Å². The van der Waals surface area contributed by atoms with Gasteiger partial charge in [0.15, 0.2) is 6.79 Å². The molecule has 0 atom stereocenters. The van der Waals surface area contributed by atoms with Gasteiger partial charge in [0.25, 0.3) is 0 Å². The zero-order valence-electron chi connectivity index (χ0n) is 7.37. The van der Waals surface area contributed by atoms with Gasteiger partial charge in [-0.15, -0.1) is 0 Å². The van der Waals surface area contributed by atoms with Crippen LogP contribution < -0.4 is 38.7 Å². The van der Waals surface area contributed by atoms with E-state index in [9.17, 15) is 0 Å². The molecule has 5 heteroatoms. The van der Waals surface area contributed by atoms with Crippen LogP contribution in [0.1, 0.15) is 0 Å². The summed E-state index contributed by atoms with van der Waals surface area (Å²) in [5, 5.41) is 0. The minimum absolute atomic E-state index is 0. The van der Waals surface area contributed by atoms with Crippen molar-refractivity contribution in [3.8, 4) is 5.75 Å². The Balaban J connectivity index is -0.000000333. The number of rotatable bonds is 3. The van der Waals surface area contributed by atoms with E-state index < -0.39 is 0 Å². The average Bonchev–Trinajstić information content (AvgIpc) is 2.03. The van der Waals surface area contributed by atoms with E-state index in [1.807, 2.05) is 30.3 Å². The smallest absolute Gasteiger partial charge is 1.00 e. The molecule has 1 rings (SSSR count). The third-order valence-corrected chi connectivity index (χ3v) is 1.09. The molecular formula is C8H10Br2MgO2. The number of hydrogen-bond donors (Lipinski definition) is 0. The first-order chi connectivity index (χ1) is 4.93. The number of hydrogen-bond acceptors (Lipinski definition) is 2. The van der Waals surface area contributed by atoms with Gasteiger partial charge in [-0.1, -0.05) is 18.2 Å². The summed E-state index contributed by atoms with van der Waals surface area (Å²) in [4.78, 5) is 0. The van der Waals surface area contributed by atoms with Gasteiger partial charge in [0.05, 0.1) is 0 Å². The fourth-order valence-corrected chi connectivity index (χ4v) is 0.644. The average molecular weight is 322 g/mol. The van der Waals surface area contributed by atoms with Crippen LogP contribution in [0, 0.1) is 0 Å². The first-order valence-corrected chi connectivity index (χ1v) is 3.10. The van der Waals surface area contributed by atoms with Crippen molar-refractivity contribution in [1.29, 1.82) is 0 Å². The Morgan fingerprint density at radius 2 is 1.62 bits per heavy atom. The van der Waals surface area contributed by atoms with E-state index in [0.717, 1.165) is 5.75 Å². The summed E-state index contributed by atoms with van der Waals surface area (Å²) < 4.78 is 9.86. The molecule has 0 bridgehead atoms. The minimum atomic E-state index is 0. The van der Waals surface area contributed by atoms with Crippen molar-refractivity contribution in [2.45, 2.75) is 0 Å². The fourth-order valence-electron chi connectivity index (χ4n) is 0.644. The van der Waals surface area contributed by atoms with E-state index in [1.165, 1.54) is 0 Å². The molecular weight excluding hydrogens is 312 g/mol. The number of halogens is 2. The van der Waals surface area contributed by atoms with E-state index in [1.54, 1.807) is 7.11 Å². The summed E-state index contributed by atoms with van der Waals surface area (Å²) in [6.45, 7) is 0.310. The van der Waals surface area contributed by atoms with E-state index in [2.05, 4.69) is 0 Å². The van der Waals surface area contributed by atoms with Crippen LogP contribution in [0.3, 0.4) is 0 Å². The van der Waals surface area contributed by atoms with Gasteiger partial charge in [0, 0.05) is 7.11 Å². The van der Waals surface area contributed by atoms with E-state index in [-0.39, 0.29) is 57.0 Å². The molecule has 0 saturated heterocycles. The van der Waals surface area contributed by atoms with Crippen molar-refractivity contribution in [2.75, 3.05) is 13.9 Å². The summed E-state index contributed by atoms with van der Waals surface area (Å²) >= 11 is 0. The van der Waals surface area contributed by atoms with Crippen molar-refractivity contribution in [2.24, 2.45) is 0 Å². The molecule has 13 heavy (non-hydrogen) atoms. The van der Waals surface area contributed by atoms with Crippen LogP contribution in [0.4, 0.5) is 0 Å². The molecule has 2 nitrogen and oxygen atoms in total. The van der Waals surface area contributed by atoms with Crippen LogP contribution in [0.25, 0.3) is 0 Å². The Morgan fingerprint density at radius 1 is 1.08 bits per heavy atom. The van der Waals surface area contributed by atoms with Crippen LogP contribution in [0.2, 0.25) is 0 Å². The third-order valence-electron chi connectivity index (χ3n) is 1.09. The topological polar surface area (TPSA) is 18.5 Å². The van der Waals surface area contributed by atoms with Gasteiger partial charge in [-0.2, -0.15) is 0 Å². The van der Waals surface area contributed by atoms with Gasteiger partial charge in [0.1, 0.15) is 5.75 Å². The molecule has 1 aromatic rings. The van der Waals surface area contributed by atoms with Crippen molar-refractivity contribution >= 4 is 23.1 Å². The van der Waals surface area contributed by atoms with E-state index in [4.69, 9.17) is 9.47 Å². The van der Waals surface area contributed by atoms with Crippen molar-refractivity contribution in [3.05, 3.63) is 30.3 Å². The van der Waals surface area contributed by atoms with Gasteiger partial charge in [0.2, 0.25) is 0 Å². The van der Waals surface area contributed by atoms with E-state index in [0.29, 0.717) is 6.79 Å². The molecule has 0 aromatic heterocycles. The molecule has 0 N–H and O–H groups in total. The largest absolute Gasteiger partial charge is 2.00 e. The maximum atomic E-state index is 5.13. The second-order valence-corrected chi connectivity index (χ2v) is 1.86. The van der Waals surface area contributed by atoms with Crippen LogP contribution in [-0.2, 0) is 4.74 Å². The summed E-state index contributed by atoms with van der Waals surface area (Å²) in [6, 6.07) is 9.56. The summed E-state index contributed by atoms with van der Waals surface area (Å²) in [5.74, 6) is 0.837. The Kier molecular flexibility index (Phi) is 18.9. The first kappa shape index (κ1) is 19.3. The Hall–Kier alpha value is 0.706. The molecule has 0 aliphatic rings. The Labute approximate surface area is 116 Å². The third kappa shape index (κ3) is 9.02. The molecule has 0 heterocycles. The molecule has 1 aromatic carbocycles. The molecule has 0 unspecified atom stereocenters. The summed E-state index contributed by atoms with van der Waals surface area (Å²) in [5.41, 5.74) is 0. The normalized spacial score (nSPS) is 7.15. The van der Waals surface area contributed by atoms with Crippen molar-refractivity contribution in [3.63, 3.8) is 0 Å². The van der Waals surface area contributed by atoms with Crippen LogP contribution in [0.15, 0.2) is 30.3 Å². The number of benzene rings is 1. The quantitative estimate of drug-likeness (QED) is 0.411. The monoisotopic (exact) mass is 320 g/mol. The van der Waals surface area contributed by atoms with Crippen molar-refractivity contribution < 1.29 is 43.4 Å². The molecule has 0 aliphatic heterocycles. The molecule has 0 fully saturated rings. The maximum absolute atomic E-state index is 5.13. The first-order valence-electron chi connectivity index (χ1n) is 3.10. The van der Waals surface area contributed by atoms with E-state index >= 15 is 0 Å². The van der Waals surface area contributed by atoms with Crippen LogP contribution >= 0.6 is 0 Å². The zero-order chi connectivity index (χ0) is 7.23. The van der Waals surface area contributed by atoms with Crippen molar-refractivity contribution in [1.82, 2.24) is 0 Å². The predicted molar refractivity (Wildman–Crippen MR) is 44.7 cm³/mol.